The summed E-state index contributed by atoms with van der Waals surface area (Å²) in [6, 6.07) is 5.53. The minimum atomic E-state index is -2.43. The molecule has 1 aromatic heterocycles. The average Bonchev–Trinajstić information content (AvgIpc) is 3.39. The molecule has 1 amide bonds. The highest BCUT2D eigenvalue weighted by Crippen LogP contribution is 2.44. The average molecular weight is 428 g/mol. The monoisotopic (exact) mass is 428 g/mol. The Hall–Kier alpha value is -2.69. The van der Waals surface area contributed by atoms with Crippen LogP contribution in [0.4, 0.5) is 0 Å². The Kier molecular flexibility index (Phi) is 6.59. The third-order valence-electron chi connectivity index (χ3n) is 5.28. The Morgan fingerprint density at radius 1 is 1.43 bits per heavy atom. The number of hydroxylamine groups is 1. The minimum Gasteiger partial charge on any atom is -0.772 e. The van der Waals surface area contributed by atoms with Gasteiger partial charge in [0.1, 0.15) is 0 Å². The van der Waals surface area contributed by atoms with Gasteiger partial charge in [-0.25, -0.2) is 5.48 Å². The van der Waals surface area contributed by atoms with Gasteiger partial charge in [-0.15, -0.1) is 0 Å². The van der Waals surface area contributed by atoms with Crippen molar-refractivity contribution in [3.63, 3.8) is 0 Å². The summed E-state index contributed by atoms with van der Waals surface area (Å²) in [5.41, 5.74) is 1.53. The molecule has 30 heavy (non-hydrogen) atoms. The second-order valence-corrected chi connectivity index (χ2v) is 8.70. The van der Waals surface area contributed by atoms with Crippen LogP contribution in [0.2, 0.25) is 0 Å². The molecule has 1 unspecified atom stereocenters. The molecule has 2 aromatic rings. The maximum Gasteiger partial charge on any atom is 0.250 e. The van der Waals surface area contributed by atoms with E-state index in [1.165, 1.54) is 6.92 Å². The molecule has 2 atom stereocenters. The third-order valence-corrected chi connectivity index (χ3v) is 6.16. The lowest BCUT2D eigenvalue weighted by molar-refractivity contribution is -0.138. The molecule has 1 saturated carbocycles. The lowest BCUT2D eigenvalue weighted by Gasteiger charge is -2.27. The van der Waals surface area contributed by atoms with Crippen LogP contribution in [-0.2, 0) is 22.4 Å². The molecule has 0 bridgehead atoms. The van der Waals surface area contributed by atoms with E-state index in [1.807, 2.05) is 18.2 Å². The zero-order chi connectivity index (χ0) is 21.8. The summed E-state index contributed by atoms with van der Waals surface area (Å²) >= 11 is -2.43. The molecule has 1 aliphatic rings. The van der Waals surface area contributed by atoms with Gasteiger partial charge in [0.25, 0.3) is 0 Å². The number of aryl methyl sites for hydroxylation is 1. The van der Waals surface area contributed by atoms with E-state index in [0.29, 0.717) is 6.54 Å². The van der Waals surface area contributed by atoms with E-state index in [0.717, 1.165) is 29.3 Å². The highest BCUT2D eigenvalue weighted by atomic mass is 32.2. The first-order chi connectivity index (χ1) is 14.3. The van der Waals surface area contributed by atoms with Crippen LogP contribution in [0.5, 0.6) is 0 Å². The van der Waals surface area contributed by atoms with E-state index >= 15 is 0 Å². The van der Waals surface area contributed by atoms with E-state index in [2.05, 4.69) is 28.8 Å². The zero-order valence-corrected chi connectivity index (χ0v) is 17.3. The van der Waals surface area contributed by atoms with Gasteiger partial charge in [-0.05, 0) is 56.2 Å². The van der Waals surface area contributed by atoms with Crippen molar-refractivity contribution in [2.75, 3.05) is 12.4 Å². The van der Waals surface area contributed by atoms with Gasteiger partial charge < -0.3 is 9.66 Å². The number of aliphatic hydroxyl groups is 1. The van der Waals surface area contributed by atoms with E-state index in [4.69, 9.17) is 5.21 Å². The van der Waals surface area contributed by atoms with Crippen LogP contribution in [0.1, 0.15) is 31.7 Å². The number of hydrogen-bond donors (Lipinski definition) is 3. The van der Waals surface area contributed by atoms with Gasteiger partial charge in [0.15, 0.2) is 0 Å². The Balaban J connectivity index is 1.71. The number of nitrogens with zero attached hydrogens (tertiary/aromatic N) is 2. The molecule has 1 aliphatic carbocycles. The van der Waals surface area contributed by atoms with E-state index < -0.39 is 28.2 Å². The normalized spacial score (nSPS) is 17.1. The number of fused-ring (bicyclic) bond motifs is 1. The second-order valence-electron chi connectivity index (χ2n) is 7.80. The topological polar surface area (TPSA) is 128 Å². The Morgan fingerprint density at radius 3 is 2.83 bits per heavy atom. The van der Waals surface area contributed by atoms with Crippen LogP contribution in [0.25, 0.3) is 10.9 Å². The summed E-state index contributed by atoms with van der Waals surface area (Å²) in [4.78, 5) is 11.9. The van der Waals surface area contributed by atoms with Gasteiger partial charge in [0, 0.05) is 29.4 Å². The van der Waals surface area contributed by atoms with Crippen molar-refractivity contribution in [3.05, 3.63) is 30.0 Å². The number of aromatic nitrogens is 2. The van der Waals surface area contributed by atoms with Crippen LogP contribution in [0.15, 0.2) is 24.4 Å². The number of aliphatic hydroxyl groups excluding tert-OH is 1. The van der Waals surface area contributed by atoms with Gasteiger partial charge in [-0.2, -0.15) is 5.10 Å². The molecule has 1 fully saturated rings. The first-order valence-corrected chi connectivity index (χ1v) is 10.7. The van der Waals surface area contributed by atoms with Crippen molar-refractivity contribution in [2.24, 2.45) is 10.8 Å². The van der Waals surface area contributed by atoms with Gasteiger partial charge in [0.05, 0.1) is 23.0 Å². The zero-order valence-electron chi connectivity index (χ0n) is 16.5. The van der Waals surface area contributed by atoms with Crippen molar-refractivity contribution < 1.29 is 23.9 Å². The van der Waals surface area contributed by atoms with Crippen LogP contribution in [0, 0.1) is 34.5 Å². The Labute approximate surface area is 176 Å². The molecule has 1 aromatic carbocycles. The van der Waals surface area contributed by atoms with Crippen LogP contribution in [0.3, 0.4) is 0 Å². The summed E-state index contributed by atoms with van der Waals surface area (Å²) in [6.07, 6.45) is 3.79. The van der Waals surface area contributed by atoms with Crippen LogP contribution < -0.4 is 5.48 Å². The molecule has 0 aliphatic heterocycles. The molecule has 3 rings (SSSR count). The minimum absolute atomic E-state index is 0.0660. The van der Waals surface area contributed by atoms with Gasteiger partial charge in [-0.1, -0.05) is 22.9 Å². The molecule has 3 N–H and O–H groups in total. The first kappa shape index (κ1) is 22.0. The maximum atomic E-state index is 11.9. The summed E-state index contributed by atoms with van der Waals surface area (Å²) < 4.78 is 23.8. The smallest absolute Gasteiger partial charge is 0.250 e. The second kappa shape index (κ2) is 8.99. The predicted octanol–water partition coefficient (Wildman–Crippen LogP) is 0.945. The first-order valence-electron chi connectivity index (χ1n) is 9.41. The predicted molar refractivity (Wildman–Crippen MR) is 110 cm³/mol. The van der Waals surface area contributed by atoms with Crippen LogP contribution >= 0.6 is 0 Å². The molecule has 1 heterocycles. The summed E-state index contributed by atoms with van der Waals surface area (Å²) in [7, 11) is 0. The van der Waals surface area contributed by atoms with Crippen LogP contribution in [-0.4, -0.2) is 47.1 Å². The fourth-order valence-corrected chi connectivity index (χ4v) is 3.81. The molecule has 8 nitrogen and oxygen atoms in total. The highest BCUT2D eigenvalue weighted by Gasteiger charge is 2.40. The fraction of sp³-hybridized carbons (Fsp3) is 0.429. The number of rotatable bonds is 7. The molecule has 0 saturated heterocycles. The Bertz CT molecular complexity index is 1100. The number of hydrogen-bond acceptors (Lipinski definition) is 6. The van der Waals surface area contributed by atoms with E-state index in [-0.39, 0.29) is 18.4 Å². The van der Waals surface area contributed by atoms with Gasteiger partial charge >= 0.3 is 0 Å². The van der Waals surface area contributed by atoms with Crippen molar-refractivity contribution >= 4 is 27.9 Å². The number of nitrogens with one attached hydrogen (secondary N) is 1. The molecular formula is C21H22N3O5S-. The number of benzene rings is 1. The maximum absolute atomic E-state index is 11.9. The van der Waals surface area contributed by atoms with Gasteiger partial charge in [0.2, 0.25) is 5.91 Å². The van der Waals surface area contributed by atoms with Crippen molar-refractivity contribution in [1.29, 1.82) is 0 Å². The van der Waals surface area contributed by atoms with E-state index in [9.17, 15) is 18.7 Å². The number of carbonyl (C=O) groups excluding carboxylic acids is 1. The SMILES string of the molecule is C[C@](CCn1cc2cc(C#CC#CC3(CO)CC3)ccc2n1)(CS(=O)[O-])C(=O)NO. The third kappa shape index (κ3) is 5.26. The Morgan fingerprint density at radius 2 is 2.20 bits per heavy atom. The van der Waals surface area contributed by atoms with Crippen molar-refractivity contribution in [2.45, 2.75) is 32.7 Å². The largest absolute Gasteiger partial charge is 0.772 e. The highest BCUT2D eigenvalue weighted by molar-refractivity contribution is 7.79. The summed E-state index contributed by atoms with van der Waals surface area (Å²) in [5.74, 6) is 10.4. The molecule has 9 heteroatoms. The number of carbonyl (C=O) groups is 1. The molecule has 0 radical (unpaired) electrons. The van der Waals surface area contributed by atoms with Gasteiger partial charge in [-0.3, -0.25) is 18.9 Å². The van der Waals surface area contributed by atoms with E-state index in [1.54, 1.807) is 16.4 Å². The standard InChI is InChI=1S/C21H23N3O5S/c1-20(15-30(28)29,19(26)23-27)10-11-24-13-17-12-16(5-6-18(17)22-24)4-2-3-7-21(14-25)8-9-21/h5-6,12-13,25,27H,8-11,14-15H2,1H3,(H,23,26)(H,28,29)/p-1/t20-/m0/s1. The lowest BCUT2D eigenvalue weighted by Crippen LogP contribution is -2.42. The van der Waals surface area contributed by atoms with Crippen molar-refractivity contribution in [3.8, 4) is 23.7 Å². The molecular weight excluding hydrogens is 406 g/mol. The fourth-order valence-electron chi connectivity index (χ4n) is 3.02. The molecule has 158 valence electrons. The molecule has 0 spiro atoms. The quantitative estimate of drug-likeness (QED) is 0.261. The summed E-state index contributed by atoms with van der Waals surface area (Å²) in [5, 5.41) is 23.5. The van der Waals surface area contributed by atoms with Crippen molar-refractivity contribution in [1.82, 2.24) is 15.3 Å². The summed E-state index contributed by atoms with van der Waals surface area (Å²) in [6.45, 7) is 1.84. The number of amides is 1. The lowest BCUT2D eigenvalue weighted by atomic mass is 9.88.